The number of rotatable bonds is 3. The highest BCUT2D eigenvalue weighted by Gasteiger charge is 2.45. The van der Waals surface area contributed by atoms with E-state index in [-0.39, 0.29) is 12.1 Å². The van der Waals surface area contributed by atoms with Crippen LogP contribution in [0.3, 0.4) is 0 Å². The maximum absolute atomic E-state index is 14.3. The molecule has 3 aromatic carbocycles. The van der Waals surface area contributed by atoms with Gasteiger partial charge in [-0.3, -0.25) is 9.80 Å². The van der Waals surface area contributed by atoms with E-state index < -0.39 is 0 Å². The molecule has 35 heavy (non-hydrogen) atoms. The molecule has 0 aromatic heterocycles. The third kappa shape index (κ3) is 4.08. The second-order valence-corrected chi connectivity index (χ2v) is 10.0. The maximum atomic E-state index is 14.3. The number of piperidine rings is 2. The molecule has 3 aliphatic rings. The third-order valence-corrected chi connectivity index (χ3v) is 8.14. The number of methoxy groups -OCH3 is 1. The van der Waals surface area contributed by atoms with Gasteiger partial charge in [0.15, 0.2) is 0 Å². The predicted molar refractivity (Wildman–Crippen MR) is 139 cm³/mol. The molecule has 3 unspecified atom stereocenters. The molecule has 6 rings (SSSR count). The second-order valence-electron chi connectivity index (χ2n) is 10.0. The van der Waals surface area contributed by atoms with Crippen molar-refractivity contribution in [2.75, 3.05) is 31.6 Å². The van der Waals surface area contributed by atoms with Crippen LogP contribution in [0.4, 0.5) is 16.2 Å². The van der Waals surface area contributed by atoms with Gasteiger partial charge in [0.05, 0.1) is 18.5 Å². The molecule has 0 bridgehead atoms. The Hall–Kier alpha value is -3.31. The molecular formula is C30H33N3O2. The lowest BCUT2D eigenvalue weighted by atomic mass is 9.76. The smallest absolute Gasteiger partial charge is 0.329 e. The summed E-state index contributed by atoms with van der Waals surface area (Å²) in [4.78, 5) is 21.0. The van der Waals surface area contributed by atoms with E-state index >= 15 is 0 Å². The lowest BCUT2D eigenvalue weighted by Gasteiger charge is -2.52. The largest absolute Gasteiger partial charge is 0.497 e. The average Bonchev–Trinajstić information content (AvgIpc) is 2.92. The molecule has 3 atom stereocenters. The Kier molecular flexibility index (Phi) is 5.95. The van der Waals surface area contributed by atoms with E-state index in [0.29, 0.717) is 12.0 Å². The van der Waals surface area contributed by atoms with Crippen molar-refractivity contribution in [2.24, 2.45) is 5.92 Å². The van der Waals surface area contributed by atoms with Crippen molar-refractivity contribution in [3.63, 3.8) is 0 Å². The lowest BCUT2D eigenvalue weighted by molar-refractivity contribution is 0.00740. The number of benzene rings is 3. The van der Waals surface area contributed by atoms with Gasteiger partial charge in [-0.05, 0) is 79.1 Å². The number of urea groups is 1. The van der Waals surface area contributed by atoms with Crippen LogP contribution in [0.15, 0.2) is 78.9 Å². The molecular weight excluding hydrogens is 434 g/mol. The van der Waals surface area contributed by atoms with Crippen molar-refractivity contribution in [3.05, 3.63) is 90.0 Å². The van der Waals surface area contributed by atoms with Crippen LogP contribution in [0, 0.1) is 5.92 Å². The number of para-hydroxylation sites is 2. The highest BCUT2D eigenvalue weighted by atomic mass is 16.5. The van der Waals surface area contributed by atoms with Crippen molar-refractivity contribution < 1.29 is 9.53 Å². The zero-order chi connectivity index (χ0) is 23.8. The highest BCUT2D eigenvalue weighted by molar-refractivity contribution is 5.99. The lowest BCUT2D eigenvalue weighted by Crippen LogP contribution is -2.59. The highest BCUT2D eigenvalue weighted by Crippen LogP contribution is 2.44. The number of ether oxygens (including phenoxy) is 1. The molecule has 2 fully saturated rings. The Morgan fingerprint density at radius 3 is 2.34 bits per heavy atom. The maximum Gasteiger partial charge on any atom is 0.329 e. The molecule has 3 aliphatic heterocycles. The molecule has 5 nitrogen and oxygen atoms in total. The molecule has 0 aliphatic carbocycles. The van der Waals surface area contributed by atoms with Crippen LogP contribution in [-0.2, 0) is 6.42 Å². The molecule has 0 spiro atoms. The van der Waals surface area contributed by atoms with E-state index in [1.165, 1.54) is 17.5 Å². The number of amides is 2. The molecule has 2 amide bonds. The fourth-order valence-corrected chi connectivity index (χ4v) is 6.45. The summed E-state index contributed by atoms with van der Waals surface area (Å²) in [6, 6.07) is 27.4. The van der Waals surface area contributed by atoms with Gasteiger partial charge in [-0.25, -0.2) is 4.79 Å². The first-order valence-electron chi connectivity index (χ1n) is 12.8. The summed E-state index contributed by atoms with van der Waals surface area (Å²) in [7, 11) is 1.73. The summed E-state index contributed by atoms with van der Waals surface area (Å²) in [5.74, 6) is 1.46. The SMILES string of the molecule is COc1ccc2c(c1)CCN1CC3CCCN(C(=O)N(c4ccccc4)c4ccccc4)C3CC21. The summed E-state index contributed by atoms with van der Waals surface area (Å²) < 4.78 is 5.49. The monoisotopic (exact) mass is 467 g/mol. The second kappa shape index (κ2) is 9.38. The summed E-state index contributed by atoms with van der Waals surface area (Å²) in [5, 5.41) is 0. The van der Waals surface area contributed by atoms with Crippen molar-refractivity contribution in [2.45, 2.75) is 37.8 Å². The minimum Gasteiger partial charge on any atom is -0.497 e. The molecule has 2 saturated heterocycles. The molecule has 0 saturated carbocycles. The van der Waals surface area contributed by atoms with E-state index in [2.05, 4.69) is 28.0 Å². The molecule has 0 N–H and O–H groups in total. The van der Waals surface area contributed by atoms with Crippen molar-refractivity contribution in [1.82, 2.24) is 9.80 Å². The Morgan fingerprint density at radius 1 is 0.943 bits per heavy atom. The van der Waals surface area contributed by atoms with Crippen molar-refractivity contribution in [3.8, 4) is 5.75 Å². The number of anilines is 2. The predicted octanol–water partition coefficient (Wildman–Crippen LogP) is 6.04. The number of carbonyl (C=O) groups is 1. The number of carbonyl (C=O) groups excluding carboxylic acids is 1. The van der Waals surface area contributed by atoms with Crippen LogP contribution >= 0.6 is 0 Å². The first-order chi connectivity index (χ1) is 17.2. The molecule has 180 valence electrons. The number of nitrogens with zero attached hydrogens (tertiary/aromatic N) is 3. The first-order valence-corrected chi connectivity index (χ1v) is 12.8. The zero-order valence-electron chi connectivity index (χ0n) is 20.3. The van der Waals surface area contributed by atoms with Crippen LogP contribution in [-0.4, -0.2) is 48.6 Å². The number of hydrogen-bond donors (Lipinski definition) is 0. The van der Waals surface area contributed by atoms with Gasteiger partial charge in [0.2, 0.25) is 0 Å². The van der Waals surface area contributed by atoms with Crippen LogP contribution in [0.5, 0.6) is 5.75 Å². The van der Waals surface area contributed by atoms with Gasteiger partial charge in [0.25, 0.3) is 0 Å². The standard InChI is InChI=1S/C30H33N3O2/c1-35-26-14-15-27-22(19-26)16-18-31-21-23-9-8-17-32(28(23)20-29(27)31)30(34)33(24-10-4-2-5-11-24)25-12-6-3-7-13-25/h2-7,10-15,19,23,28-29H,8-9,16-18,20-21H2,1H3. The Morgan fingerprint density at radius 2 is 1.66 bits per heavy atom. The molecule has 3 heterocycles. The summed E-state index contributed by atoms with van der Waals surface area (Å²) >= 11 is 0. The fourth-order valence-electron chi connectivity index (χ4n) is 6.45. The van der Waals surface area contributed by atoms with Crippen LogP contribution in [0.2, 0.25) is 0 Å². The normalized spacial score (nSPS) is 23.6. The summed E-state index contributed by atoms with van der Waals surface area (Å²) in [6.45, 7) is 2.97. The number of hydrogen-bond acceptors (Lipinski definition) is 3. The molecule has 3 aromatic rings. The van der Waals surface area contributed by atoms with E-state index in [0.717, 1.165) is 56.0 Å². The van der Waals surface area contributed by atoms with Crippen molar-refractivity contribution >= 4 is 17.4 Å². The van der Waals surface area contributed by atoms with Gasteiger partial charge in [0, 0.05) is 31.7 Å². The third-order valence-electron chi connectivity index (χ3n) is 8.14. The minimum absolute atomic E-state index is 0.0938. The molecule has 5 heteroatoms. The average molecular weight is 468 g/mol. The van der Waals surface area contributed by atoms with Gasteiger partial charge in [0.1, 0.15) is 5.75 Å². The number of likely N-dealkylation sites (tertiary alicyclic amines) is 1. The van der Waals surface area contributed by atoms with Crippen LogP contribution in [0.25, 0.3) is 0 Å². The van der Waals surface area contributed by atoms with E-state index in [1.807, 2.05) is 65.6 Å². The van der Waals surface area contributed by atoms with Gasteiger partial charge in [-0.15, -0.1) is 0 Å². The van der Waals surface area contributed by atoms with Crippen LogP contribution in [0.1, 0.15) is 36.4 Å². The topological polar surface area (TPSA) is 36.0 Å². The molecule has 0 radical (unpaired) electrons. The minimum atomic E-state index is 0.0938. The number of fused-ring (bicyclic) bond motifs is 4. The van der Waals surface area contributed by atoms with Gasteiger partial charge < -0.3 is 9.64 Å². The Balaban J connectivity index is 1.33. The first kappa shape index (κ1) is 22.2. The van der Waals surface area contributed by atoms with Gasteiger partial charge >= 0.3 is 6.03 Å². The van der Waals surface area contributed by atoms with E-state index in [9.17, 15) is 4.79 Å². The van der Waals surface area contributed by atoms with E-state index in [4.69, 9.17) is 4.74 Å². The van der Waals surface area contributed by atoms with Gasteiger partial charge in [-0.1, -0.05) is 42.5 Å². The van der Waals surface area contributed by atoms with E-state index in [1.54, 1.807) is 7.11 Å². The Bertz CT molecular complexity index is 1140. The quantitative estimate of drug-likeness (QED) is 0.471. The van der Waals surface area contributed by atoms with Crippen LogP contribution < -0.4 is 9.64 Å². The van der Waals surface area contributed by atoms with Gasteiger partial charge in [-0.2, -0.15) is 0 Å². The Labute approximate surface area is 207 Å². The summed E-state index contributed by atoms with van der Waals surface area (Å²) in [6.07, 6.45) is 4.33. The fraction of sp³-hybridized carbons (Fsp3) is 0.367. The zero-order valence-corrected chi connectivity index (χ0v) is 20.3. The van der Waals surface area contributed by atoms with Crippen molar-refractivity contribution in [1.29, 1.82) is 0 Å². The summed E-state index contributed by atoms with van der Waals surface area (Å²) in [5.41, 5.74) is 4.64.